The molecule has 3 aliphatic rings. The van der Waals surface area contributed by atoms with Crippen LogP contribution in [0.2, 0.25) is 0 Å². The Morgan fingerprint density at radius 2 is 2.27 bits per heavy atom. The van der Waals surface area contributed by atoms with Gasteiger partial charge in [0.1, 0.15) is 5.78 Å². The van der Waals surface area contributed by atoms with E-state index in [2.05, 4.69) is 18.7 Å². The molecular formula is C9H15NO. The van der Waals surface area contributed by atoms with Gasteiger partial charge in [0, 0.05) is 11.5 Å². The molecule has 0 radical (unpaired) electrons. The lowest BCUT2D eigenvalue weighted by molar-refractivity contribution is -0.137. The highest BCUT2D eigenvalue weighted by atomic mass is 16.1. The number of rotatable bonds is 0. The minimum absolute atomic E-state index is 0.289. The molecule has 0 saturated carbocycles. The number of fused-ring (bicyclic) bond motifs is 3. The van der Waals surface area contributed by atoms with Crippen molar-refractivity contribution in [2.24, 2.45) is 5.92 Å². The number of carbonyl (C=O) groups is 1. The monoisotopic (exact) mass is 153 g/mol. The summed E-state index contributed by atoms with van der Waals surface area (Å²) >= 11 is 0. The maximum atomic E-state index is 11.3. The lowest BCUT2D eigenvalue weighted by atomic mass is 9.76. The van der Waals surface area contributed by atoms with Crippen LogP contribution in [-0.4, -0.2) is 29.3 Å². The molecule has 3 aliphatic heterocycles. The lowest BCUT2D eigenvalue weighted by Gasteiger charge is -2.49. The van der Waals surface area contributed by atoms with Crippen molar-refractivity contribution in [2.45, 2.75) is 32.2 Å². The molecule has 2 heteroatoms. The highest BCUT2D eigenvalue weighted by molar-refractivity contribution is 5.84. The minimum Gasteiger partial charge on any atom is -0.298 e. The van der Waals surface area contributed by atoms with Gasteiger partial charge in [0.15, 0.2) is 0 Å². The first kappa shape index (κ1) is 7.29. The second-order valence-electron chi connectivity index (χ2n) is 4.39. The predicted octanol–water partition coefficient (Wildman–Crippen LogP) is 1.06. The third kappa shape index (κ3) is 1.00. The smallest absolute Gasteiger partial charge is 0.150 e. The van der Waals surface area contributed by atoms with Gasteiger partial charge in [-0.25, -0.2) is 0 Å². The molecule has 62 valence electrons. The SMILES string of the molecule is CC1(C)CC2CCN1CC2=O. The first-order chi connectivity index (χ1) is 5.09. The third-order valence-corrected chi connectivity index (χ3v) is 3.15. The number of Topliss-reactive ketones (excluding diaryl/α,β-unsaturated/α-hetero) is 1. The van der Waals surface area contributed by atoms with Crippen molar-refractivity contribution in [1.82, 2.24) is 4.90 Å². The average molecular weight is 153 g/mol. The van der Waals surface area contributed by atoms with E-state index < -0.39 is 0 Å². The van der Waals surface area contributed by atoms with Gasteiger partial charge < -0.3 is 0 Å². The van der Waals surface area contributed by atoms with Crippen LogP contribution in [0.4, 0.5) is 0 Å². The van der Waals surface area contributed by atoms with E-state index >= 15 is 0 Å². The molecule has 2 atom stereocenters. The van der Waals surface area contributed by atoms with Gasteiger partial charge in [0.25, 0.3) is 0 Å². The Labute approximate surface area is 67.6 Å². The summed E-state index contributed by atoms with van der Waals surface area (Å²) < 4.78 is 0. The summed E-state index contributed by atoms with van der Waals surface area (Å²) in [5, 5.41) is 0. The Hall–Kier alpha value is -0.370. The predicted molar refractivity (Wildman–Crippen MR) is 43.4 cm³/mol. The van der Waals surface area contributed by atoms with Gasteiger partial charge in [0.2, 0.25) is 0 Å². The molecule has 0 aromatic rings. The summed E-state index contributed by atoms with van der Waals surface area (Å²) in [6.07, 6.45) is 2.17. The molecule has 3 fully saturated rings. The van der Waals surface area contributed by atoms with Gasteiger partial charge in [-0.15, -0.1) is 0 Å². The first-order valence-electron chi connectivity index (χ1n) is 4.37. The van der Waals surface area contributed by atoms with Crippen LogP contribution in [0.25, 0.3) is 0 Å². The van der Waals surface area contributed by atoms with E-state index in [-0.39, 0.29) is 5.54 Å². The van der Waals surface area contributed by atoms with Gasteiger partial charge in [-0.1, -0.05) is 0 Å². The molecule has 3 heterocycles. The highest BCUT2D eigenvalue weighted by Gasteiger charge is 2.43. The second kappa shape index (κ2) is 2.07. The van der Waals surface area contributed by atoms with Crippen LogP contribution in [-0.2, 0) is 4.79 Å². The van der Waals surface area contributed by atoms with E-state index in [0.717, 1.165) is 19.4 Å². The van der Waals surface area contributed by atoms with E-state index in [0.29, 0.717) is 18.2 Å². The maximum absolute atomic E-state index is 11.3. The largest absolute Gasteiger partial charge is 0.298 e. The minimum atomic E-state index is 0.289. The Balaban J connectivity index is 2.23. The van der Waals surface area contributed by atoms with Crippen LogP contribution in [0.5, 0.6) is 0 Å². The van der Waals surface area contributed by atoms with Crippen molar-refractivity contribution in [3.8, 4) is 0 Å². The van der Waals surface area contributed by atoms with Crippen LogP contribution < -0.4 is 0 Å². The molecule has 3 saturated heterocycles. The van der Waals surface area contributed by atoms with E-state index in [9.17, 15) is 4.79 Å². The zero-order valence-corrected chi connectivity index (χ0v) is 7.26. The lowest BCUT2D eigenvalue weighted by Crippen LogP contribution is -2.59. The van der Waals surface area contributed by atoms with Gasteiger partial charge in [-0.3, -0.25) is 9.69 Å². The zero-order valence-electron chi connectivity index (χ0n) is 7.26. The summed E-state index contributed by atoms with van der Waals surface area (Å²) in [7, 11) is 0. The van der Waals surface area contributed by atoms with Crippen LogP contribution in [0.15, 0.2) is 0 Å². The molecule has 0 spiro atoms. The molecule has 0 aromatic heterocycles. The maximum Gasteiger partial charge on any atom is 0.150 e. The Kier molecular flexibility index (Phi) is 1.37. The van der Waals surface area contributed by atoms with Gasteiger partial charge in [0.05, 0.1) is 6.54 Å². The van der Waals surface area contributed by atoms with Crippen LogP contribution in [0.3, 0.4) is 0 Å². The van der Waals surface area contributed by atoms with Crippen LogP contribution >= 0.6 is 0 Å². The molecule has 11 heavy (non-hydrogen) atoms. The summed E-state index contributed by atoms with van der Waals surface area (Å²) in [5.41, 5.74) is 0.289. The quantitative estimate of drug-likeness (QED) is 0.518. The van der Waals surface area contributed by atoms with E-state index in [1.54, 1.807) is 0 Å². The van der Waals surface area contributed by atoms with Crippen molar-refractivity contribution in [3.63, 3.8) is 0 Å². The third-order valence-electron chi connectivity index (χ3n) is 3.15. The molecule has 2 nitrogen and oxygen atoms in total. The van der Waals surface area contributed by atoms with Crippen molar-refractivity contribution in [3.05, 3.63) is 0 Å². The van der Waals surface area contributed by atoms with Crippen LogP contribution in [0.1, 0.15) is 26.7 Å². The highest BCUT2D eigenvalue weighted by Crippen LogP contribution is 2.36. The molecule has 0 N–H and O–H groups in total. The molecule has 2 unspecified atom stereocenters. The second-order valence-corrected chi connectivity index (χ2v) is 4.39. The van der Waals surface area contributed by atoms with E-state index in [4.69, 9.17) is 0 Å². The topological polar surface area (TPSA) is 20.3 Å². The van der Waals surface area contributed by atoms with Gasteiger partial charge >= 0.3 is 0 Å². The normalized spacial score (nSPS) is 41.1. The van der Waals surface area contributed by atoms with Crippen molar-refractivity contribution < 1.29 is 4.79 Å². The zero-order chi connectivity index (χ0) is 8.06. The summed E-state index contributed by atoms with van der Waals surface area (Å²) in [6.45, 7) is 6.32. The number of hydrogen-bond acceptors (Lipinski definition) is 2. The van der Waals surface area contributed by atoms with Crippen molar-refractivity contribution in [1.29, 1.82) is 0 Å². The number of hydrogen-bond donors (Lipinski definition) is 0. The Bertz CT molecular complexity index is 198. The molecule has 0 aliphatic carbocycles. The fourth-order valence-electron chi connectivity index (χ4n) is 2.33. The summed E-state index contributed by atoms with van der Waals surface area (Å²) in [6, 6.07) is 0. The Morgan fingerprint density at radius 3 is 2.55 bits per heavy atom. The summed E-state index contributed by atoms with van der Waals surface area (Å²) in [4.78, 5) is 13.6. The Morgan fingerprint density at radius 1 is 1.55 bits per heavy atom. The molecular weight excluding hydrogens is 138 g/mol. The molecule has 0 amide bonds. The first-order valence-corrected chi connectivity index (χ1v) is 4.37. The summed E-state index contributed by atoms with van der Waals surface area (Å²) in [5.74, 6) is 0.852. The average Bonchev–Trinajstić information content (AvgIpc) is 1.90. The fourth-order valence-corrected chi connectivity index (χ4v) is 2.33. The molecule has 2 bridgehead atoms. The van der Waals surface area contributed by atoms with Gasteiger partial charge in [-0.2, -0.15) is 0 Å². The van der Waals surface area contributed by atoms with Crippen molar-refractivity contribution >= 4 is 5.78 Å². The molecule has 3 rings (SSSR count). The number of ketones is 1. The number of carbonyl (C=O) groups excluding carboxylic acids is 1. The standard InChI is InChI=1S/C9H15NO/c1-9(2)5-7-3-4-10(9)6-8(7)11/h7H,3-6H2,1-2H3. The van der Waals surface area contributed by atoms with E-state index in [1.165, 1.54) is 0 Å². The van der Waals surface area contributed by atoms with Crippen molar-refractivity contribution in [2.75, 3.05) is 13.1 Å². The molecule has 0 aromatic carbocycles. The fraction of sp³-hybridized carbons (Fsp3) is 0.889. The number of piperidine rings is 3. The number of nitrogens with zero attached hydrogens (tertiary/aromatic N) is 1. The van der Waals surface area contributed by atoms with Crippen LogP contribution in [0, 0.1) is 5.92 Å². The van der Waals surface area contributed by atoms with E-state index in [1.807, 2.05) is 0 Å². The van der Waals surface area contributed by atoms with Gasteiger partial charge in [-0.05, 0) is 33.2 Å².